The molecule has 1 heterocycles. The number of amides is 1. The Morgan fingerprint density at radius 2 is 1.88 bits per heavy atom. The number of nitrogens with one attached hydrogen (secondary N) is 2. The zero-order valence-corrected chi connectivity index (χ0v) is 15.3. The van der Waals surface area contributed by atoms with Crippen molar-refractivity contribution in [3.05, 3.63) is 29.1 Å². The number of aryl methyl sites for hydroxylation is 1. The predicted molar refractivity (Wildman–Crippen MR) is 95.0 cm³/mol. The Labute approximate surface area is 148 Å². The van der Waals surface area contributed by atoms with Crippen LogP contribution in [0.3, 0.4) is 0 Å². The van der Waals surface area contributed by atoms with Crippen molar-refractivity contribution in [3.63, 3.8) is 0 Å². The van der Waals surface area contributed by atoms with Gasteiger partial charge in [0, 0.05) is 19.7 Å². The number of aliphatic hydroxyl groups excluding tert-OH is 1. The minimum atomic E-state index is -4.10. The van der Waals surface area contributed by atoms with Crippen molar-refractivity contribution in [2.24, 2.45) is 0 Å². The van der Waals surface area contributed by atoms with Crippen molar-refractivity contribution in [2.45, 2.75) is 39.2 Å². The zero-order chi connectivity index (χ0) is 18.7. The molecular weight excluding hydrogens is 346 g/mol. The Kier molecular flexibility index (Phi) is 9.58. The van der Waals surface area contributed by atoms with Crippen molar-refractivity contribution in [2.75, 3.05) is 25.4 Å². The highest BCUT2D eigenvalue weighted by Crippen LogP contribution is 2.06. The summed E-state index contributed by atoms with van der Waals surface area (Å²) >= 11 is 0. The third-order valence-corrected chi connectivity index (χ3v) is 4.19. The van der Waals surface area contributed by atoms with Crippen molar-refractivity contribution >= 4 is 16.0 Å². The number of pyridine rings is 1. The van der Waals surface area contributed by atoms with Crippen LogP contribution in [0.15, 0.2) is 12.1 Å². The van der Waals surface area contributed by atoms with Crippen LogP contribution in [0.25, 0.3) is 0 Å². The SMILES string of the molecule is Cc1cc(CNCCCCCCO)nc(C(=O)NCCS(=O)(=O)O)c1. The van der Waals surface area contributed by atoms with Crippen LogP contribution in [-0.2, 0) is 16.7 Å². The first-order valence-corrected chi connectivity index (χ1v) is 9.95. The number of hydrogen-bond donors (Lipinski definition) is 4. The fourth-order valence-corrected chi connectivity index (χ4v) is 2.62. The highest BCUT2D eigenvalue weighted by molar-refractivity contribution is 7.85. The third-order valence-electron chi connectivity index (χ3n) is 3.47. The second kappa shape index (κ2) is 11.1. The molecule has 1 aromatic rings. The number of unbranched alkanes of at least 4 members (excludes halogenated alkanes) is 3. The molecule has 1 aromatic heterocycles. The van der Waals surface area contributed by atoms with Gasteiger partial charge in [-0.05, 0) is 44.0 Å². The average molecular weight is 373 g/mol. The molecule has 9 heteroatoms. The van der Waals surface area contributed by atoms with Crippen LogP contribution in [-0.4, -0.2) is 54.4 Å². The predicted octanol–water partition coefficient (Wildman–Crippen LogP) is 0.650. The Balaban J connectivity index is 2.45. The van der Waals surface area contributed by atoms with E-state index in [9.17, 15) is 13.2 Å². The Morgan fingerprint density at radius 1 is 1.16 bits per heavy atom. The van der Waals surface area contributed by atoms with Crippen molar-refractivity contribution < 1.29 is 22.9 Å². The highest BCUT2D eigenvalue weighted by atomic mass is 32.2. The molecule has 0 aliphatic carbocycles. The maximum atomic E-state index is 12.0. The minimum absolute atomic E-state index is 0.172. The first kappa shape index (κ1) is 21.5. The molecule has 0 atom stereocenters. The normalized spacial score (nSPS) is 11.5. The van der Waals surface area contributed by atoms with Crippen LogP contribution in [0.1, 0.15) is 47.4 Å². The number of carbonyl (C=O) groups is 1. The molecule has 0 aliphatic heterocycles. The van der Waals surface area contributed by atoms with Gasteiger partial charge in [-0.1, -0.05) is 12.8 Å². The molecule has 0 aliphatic rings. The second-order valence-electron chi connectivity index (χ2n) is 5.88. The molecule has 0 aromatic carbocycles. The van der Waals surface area contributed by atoms with E-state index in [1.807, 2.05) is 13.0 Å². The first-order valence-electron chi connectivity index (χ1n) is 8.34. The van der Waals surface area contributed by atoms with Gasteiger partial charge >= 0.3 is 0 Å². The lowest BCUT2D eigenvalue weighted by Crippen LogP contribution is -2.30. The molecule has 0 bridgehead atoms. The highest BCUT2D eigenvalue weighted by Gasteiger charge is 2.11. The van der Waals surface area contributed by atoms with Gasteiger partial charge in [-0.15, -0.1) is 0 Å². The maximum Gasteiger partial charge on any atom is 0.269 e. The lowest BCUT2D eigenvalue weighted by molar-refractivity contribution is 0.0950. The van der Waals surface area contributed by atoms with E-state index >= 15 is 0 Å². The van der Waals surface area contributed by atoms with Gasteiger partial charge in [-0.25, -0.2) is 4.98 Å². The number of carbonyl (C=O) groups excluding carboxylic acids is 1. The lowest BCUT2D eigenvalue weighted by Gasteiger charge is -2.09. The second-order valence-corrected chi connectivity index (χ2v) is 7.45. The smallest absolute Gasteiger partial charge is 0.269 e. The molecule has 8 nitrogen and oxygen atoms in total. The summed E-state index contributed by atoms with van der Waals surface area (Å²) in [5, 5.41) is 14.4. The maximum absolute atomic E-state index is 12.0. The van der Waals surface area contributed by atoms with E-state index in [4.69, 9.17) is 9.66 Å². The van der Waals surface area contributed by atoms with Crippen LogP contribution < -0.4 is 10.6 Å². The van der Waals surface area contributed by atoms with Crippen LogP contribution >= 0.6 is 0 Å². The van der Waals surface area contributed by atoms with Crippen molar-refractivity contribution in [1.29, 1.82) is 0 Å². The van der Waals surface area contributed by atoms with Gasteiger partial charge in [0.2, 0.25) is 0 Å². The van der Waals surface area contributed by atoms with Crippen LogP contribution in [0.4, 0.5) is 0 Å². The number of nitrogens with zero attached hydrogens (tertiary/aromatic N) is 1. The molecular formula is C16H27N3O5S. The standard InChI is InChI=1S/C16H27N3O5S/c1-13-10-14(12-17-6-4-2-3-5-8-20)19-15(11-13)16(21)18-7-9-25(22,23)24/h10-11,17,20H,2-9,12H2,1H3,(H,18,21)(H,22,23,24). The summed E-state index contributed by atoms with van der Waals surface area (Å²) in [5.41, 5.74) is 1.83. The summed E-state index contributed by atoms with van der Waals surface area (Å²) in [6.45, 7) is 3.28. The quantitative estimate of drug-likeness (QED) is 0.313. The topological polar surface area (TPSA) is 129 Å². The zero-order valence-electron chi connectivity index (χ0n) is 14.5. The third kappa shape index (κ3) is 10.1. The summed E-state index contributed by atoms with van der Waals surface area (Å²) in [4.78, 5) is 16.3. The molecule has 1 rings (SSSR count). The molecule has 0 saturated carbocycles. The van der Waals surface area contributed by atoms with Gasteiger partial charge in [0.05, 0.1) is 11.4 Å². The summed E-state index contributed by atoms with van der Waals surface area (Å²) in [6, 6.07) is 3.51. The fraction of sp³-hybridized carbons (Fsp3) is 0.625. The Morgan fingerprint density at radius 3 is 2.56 bits per heavy atom. The van der Waals surface area contributed by atoms with E-state index in [0.29, 0.717) is 6.54 Å². The van der Waals surface area contributed by atoms with E-state index in [0.717, 1.165) is 43.5 Å². The van der Waals surface area contributed by atoms with Crippen molar-refractivity contribution in [3.8, 4) is 0 Å². The van der Waals surface area contributed by atoms with Crippen LogP contribution in [0, 0.1) is 6.92 Å². The van der Waals surface area contributed by atoms with E-state index < -0.39 is 21.8 Å². The van der Waals surface area contributed by atoms with Gasteiger partial charge in [0.25, 0.3) is 16.0 Å². The van der Waals surface area contributed by atoms with E-state index in [1.54, 1.807) is 6.07 Å². The summed E-state index contributed by atoms with van der Waals surface area (Å²) in [5.74, 6) is -1.01. The lowest BCUT2D eigenvalue weighted by atomic mass is 10.2. The summed E-state index contributed by atoms with van der Waals surface area (Å²) < 4.78 is 30.0. The van der Waals surface area contributed by atoms with Gasteiger partial charge in [0.15, 0.2) is 0 Å². The van der Waals surface area contributed by atoms with Crippen LogP contribution in [0.2, 0.25) is 0 Å². The first-order chi connectivity index (χ1) is 11.8. The van der Waals surface area contributed by atoms with Crippen molar-refractivity contribution in [1.82, 2.24) is 15.6 Å². The molecule has 1 amide bonds. The molecule has 4 N–H and O–H groups in total. The Hall–Kier alpha value is -1.55. The average Bonchev–Trinajstić information content (AvgIpc) is 2.52. The van der Waals surface area contributed by atoms with E-state index in [-0.39, 0.29) is 18.8 Å². The Bertz CT molecular complexity index is 649. The molecule has 0 fully saturated rings. The molecule has 0 saturated heterocycles. The minimum Gasteiger partial charge on any atom is -0.396 e. The van der Waals surface area contributed by atoms with Gasteiger partial charge in [-0.2, -0.15) is 8.42 Å². The number of rotatable bonds is 12. The van der Waals surface area contributed by atoms with E-state index in [1.165, 1.54) is 0 Å². The van der Waals surface area contributed by atoms with Gasteiger partial charge < -0.3 is 15.7 Å². The van der Waals surface area contributed by atoms with E-state index in [2.05, 4.69) is 15.6 Å². The van der Waals surface area contributed by atoms with Gasteiger partial charge in [-0.3, -0.25) is 9.35 Å². The number of aromatic nitrogens is 1. The number of aliphatic hydroxyl groups is 1. The largest absolute Gasteiger partial charge is 0.396 e. The summed E-state index contributed by atoms with van der Waals surface area (Å²) in [7, 11) is -4.10. The molecule has 0 spiro atoms. The molecule has 0 unspecified atom stereocenters. The molecule has 142 valence electrons. The number of hydrogen-bond acceptors (Lipinski definition) is 6. The van der Waals surface area contributed by atoms with Crippen LogP contribution in [0.5, 0.6) is 0 Å². The molecule has 0 radical (unpaired) electrons. The summed E-state index contributed by atoms with van der Waals surface area (Å²) in [6.07, 6.45) is 3.90. The van der Waals surface area contributed by atoms with Gasteiger partial charge in [0.1, 0.15) is 5.69 Å². The fourth-order valence-electron chi connectivity index (χ4n) is 2.26. The molecule has 25 heavy (non-hydrogen) atoms. The monoisotopic (exact) mass is 373 g/mol.